The first-order valence-corrected chi connectivity index (χ1v) is 8.86. The van der Waals surface area contributed by atoms with Crippen molar-refractivity contribution < 1.29 is 9.59 Å². The molecular weight excluding hydrogens is 370 g/mol. The smallest absolute Gasteiger partial charge is 0.268 e. The third kappa shape index (κ3) is 3.24. The van der Waals surface area contributed by atoms with Crippen molar-refractivity contribution in [3.8, 4) is 0 Å². The zero-order valence-electron chi connectivity index (χ0n) is 13.7. The number of carbonyl (C=O) groups excluding carboxylic acids is 2. The van der Waals surface area contributed by atoms with Crippen LogP contribution in [0.5, 0.6) is 0 Å². The molecule has 1 aliphatic heterocycles. The molecule has 0 saturated carbocycles. The van der Waals surface area contributed by atoms with E-state index in [1.54, 1.807) is 6.08 Å². The molecule has 24 heavy (non-hydrogen) atoms. The number of hydrogen-bond acceptors (Lipinski definition) is 2. The Morgan fingerprint density at radius 2 is 2.17 bits per heavy atom. The minimum absolute atomic E-state index is 0.101. The minimum Gasteiger partial charge on any atom is -0.361 e. The van der Waals surface area contributed by atoms with Gasteiger partial charge in [-0.2, -0.15) is 0 Å². The lowest BCUT2D eigenvalue weighted by Crippen LogP contribution is -2.57. The maximum absolute atomic E-state index is 12.3. The quantitative estimate of drug-likeness (QED) is 0.680. The van der Waals surface area contributed by atoms with Crippen LogP contribution in [0.25, 0.3) is 18.2 Å². The molecule has 3 rings (SSSR count). The molecule has 2 atom stereocenters. The molecule has 2 amide bonds. The third-order valence-corrected chi connectivity index (χ3v) is 5.09. The Morgan fingerprint density at radius 3 is 2.92 bits per heavy atom. The van der Waals surface area contributed by atoms with Crippen molar-refractivity contribution in [2.24, 2.45) is 5.92 Å². The van der Waals surface area contributed by atoms with Crippen molar-refractivity contribution in [3.63, 3.8) is 0 Å². The van der Waals surface area contributed by atoms with Crippen molar-refractivity contribution in [3.05, 3.63) is 38.6 Å². The molecule has 3 N–H and O–H groups in total. The highest BCUT2D eigenvalue weighted by Gasteiger charge is 2.32. The number of allylic oxidation sites excluding steroid dienone is 2. The fourth-order valence-electron chi connectivity index (χ4n) is 2.83. The van der Waals surface area contributed by atoms with Gasteiger partial charge in [0, 0.05) is 22.3 Å². The molecule has 126 valence electrons. The molecule has 1 saturated heterocycles. The zero-order valence-corrected chi connectivity index (χ0v) is 15.2. The van der Waals surface area contributed by atoms with Gasteiger partial charge in [0.15, 0.2) is 0 Å². The topological polar surface area (TPSA) is 74.0 Å². The Kier molecular flexibility index (Phi) is 4.76. The number of fused-ring (bicyclic) bond motifs is 1. The van der Waals surface area contributed by atoms with Gasteiger partial charge in [0.25, 0.3) is 5.91 Å². The number of aromatic nitrogens is 1. The van der Waals surface area contributed by atoms with Crippen LogP contribution in [0, 0.1) is 5.92 Å². The summed E-state index contributed by atoms with van der Waals surface area (Å²) in [5.41, 5.74) is 1.15. The largest absolute Gasteiger partial charge is 0.361 e. The van der Waals surface area contributed by atoms with Gasteiger partial charge < -0.3 is 15.6 Å². The Balaban J connectivity index is 1.93. The van der Waals surface area contributed by atoms with Crippen molar-refractivity contribution >= 4 is 46.0 Å². The number of aromatic amines is 1. The molecule has 0 radical (unpaired) electrons. The number of nitrogens with one attached hydrogen (secondary N) is 3. The number of rotatable bonds is 3. The van der Waals surface area contributed by atoms with Crippen LogP contribution >= 0.6 is 15.9 Å². The van der Waals surface area contributed by atoms with Crippen molar-refractivity contribution in [2.75, 3.05) is 0 Å². The van der Waals surface area contributed by atoms with Crippen LogP contribution in [0.2, 0.25) is 0 Å². The molecule has 1 fully saturated rings. The Bertz CT molecular complexity index is 863. The van der Waals surface area contributed by atoms with E-state index in [1.165, 1.54) is 0 Å². The minimum atomic E-state index is -0.471. The molecular formula is C18H20BrN3O2. The molecule has 2 unspecified atom stereocenters. The second-order valence-corrected chi connectivity index (χ2v) is 7.16. The van der Waals surface area contributed by atoms with Gasteiger partial charge >= 0.3 is 0 Å². The molecule has 5 nitrogen and oxygen atoms in total. The van der Waals surface area contributed by atoms with E-state index in [0.717, 1.165) is 33.5 Å². The summed E-state index contributed by atoms with van der Waals surface area (Å²) in [6, 6.07) is -0.471. The summed E-state index contributed by atoms with van der Waals surface area (Å²) in [7, 11) is 0. The van der Waals surface area contributed by atoms with Gasteiger partial charge in [-0.05, 0) is 22.9 Å². The van der Waals surface area contributed by atoms with Gasteiger partial charge in [-0.1, -0.05) is 54.4 Å². The van der Waals surface area contributed by atoms with Gasteiger partial charge in [-0.25, -0.2) is 0 Å². The molecule has 2 heterocycles. The fraction of sp³-hybridized carbons (Fsp3) is 0.333. The first-order valence-electron chi connectivity index (χ1n) is 8.07. The van der Waals surface area contributed by atoms with Gasteiger partial charge in [-0.3, -0.25) is 9.59 Å². The van der Waals surface area contributed by atoms with Crippen LogP contribution in [0.1, 0.15) is 32.3 Å². The molecule has 0 bridgehead atoms. The average Bonchev–Trinajstić information content (AvgIpc) is 2.84. The zero-order chi connectivity index (χ0) is 17.3. The first kappa shape index (κ1) is 16.8. The number of amides is 2. The normalized spacial score (nSPS) is 23.2. The predicted octanol–water partition coefficient (Wildman–Crippen LogP) is 1.26. The van der Waals surface area contributed by atoms with Gasteiger partial charge in [0.2, 0.25) is 5.91 Å². The lowest BCUT2D eigenvalue weighted by molar-refractivity contribution is -0.132. The lowest BCUT2D eigenvalue weighted by Gasteiger charge is -2.28. The summed E-state index contributed by atoms with van der Waals surface area (Å²) in [6.07, 6.45) is 11.3. The monoisotopic (exact) mass is 389 g/mol. The SMILES string of the molecule is CCC(C)C1NC(=O)/C(=C/c2c[nH]c3c2=CC=C(Br)CC=3)NC1=O. The van der Waals surface area contributed by atoms with Gasteiger partial charge in [0.05, 0.1) is 0 Å². The molecule has 1 aromatic heterocycles. The molecule has 6 heteroatoms. The molecule has 1 aromatic rings. The van der Waals surface area contributed by atoms with Gasteiger partial charge in [-0.15, -0.1) is 0 Å². The summed E-state index contributed by atoms with van der Waals surface area (Å²) in [6.45, 7) is 3.96. The van der Waals surface area contributed by atoms with E-state index >= 15 is 0 Å². The van der Waals surface area contributed by atoms with E-state index in [2.05, 4.69) is 37.6 Å². The van der Waals surface area contributed by atoms with Crippen LogP contribution < -0.4 is 21.2 Å². The van der Waals surface area contributed by atoms with Crippen molar-refractivity contribution in [2.45, 2.75) is 32.7 Å². The molecule has 0 aromatic carbocycles. The molecule has 2 aliphatic rings. The Morgan fingerprint density at radius 1 is 1.38 bits per heavy atom. The van der Waals surface area contributed by atoms with Crippen LogP contribution in [0.15, 0.2) is 22.5 Å². The van der Waals surface area contributed by atoms with Gasteiger partial charge in [0.1, 0.15) is 11.7 Å². The summed E-state index contributed by atoms with van der Waals surface area (Å²) >= 11 is 3.50. The number of halogens is 1. The van der Waals surface area contributed by atoms with Crippen molar-refractivity contribution in [1.82, 2.24) is 15.6 Å². The number of hydrogen-bond donors (Lipinski definition) is 3. The summed E-state index contributed by atoms with van der Waals surface area (Å²) in [5, 5.41) is 7.57. The molecule has 0 spiro atoms. The predicted molar refractivity (Wildman–Crippen MR) is 98.1 cm³/mol. The fourth-order valence-corrected chi connectivity index (χ4v) is 3.12. The van der Waals surface area contributed by atoms with E-state index in [0.29, 0.717) is 0 Å². The average molecular weight is 390 g/mol. The summed E-state index contributed by atoms with van der Waals surface area (Å²) in [5.74, 6) is -0.302. The Hall–Kier alpha value is -2.08. The van der Waals surface area contributed by atoms with Crippen LogP contribution in [0.4, 0.5) is 0 Å². The summed E-state index contributed by atoms with van der Waals surface area (Å²) < 4.78 is 1.09. The maximum atomic E-state index is 12.3. The van der Waals surface area contributed by atoms with Crippen molar-refractivity contribution in [1.29, 1.82) is 0 Å². The van der Waals surface area contributed by atoms with E-state index in [1.807, 2.05) is 32.2 Å². The molecule has 1 aliphatic carbocycles. The number of H-pyrrole nitrogens is 1. The van der Waals surface area contributed by atoms with Crippen LogP contribution in [-0.4, -0.2) is 22.8 Å². The highest BCUT2D eigenvalue weighted by molar-refractivity contribution is 9.11. The van der Waals surface area contributed by atoms with E-state index < -0.39 is 6.04 Å². The highest BCUT2D eigenvalue weighted by atomic mass is 79.9. The maximum Gasteiger partial charge on any atom is 0.268 e. The standard InChI is InChI=1S/C18H20BrN3O2/c1-3-10(2)16-18(24)21-15(17(23)22-16)8-11-9-20-14-7-5-12(19)4-6-13(11)14/h4,6-10,16,20H,3,5H2,1-2H3,(H,21,24)(H,22,23)/b15-8-. The number of carbonyl (C=O) groups is 2. The first-order chi connectivity index (χ1) is 11.5. The van der Waals surface area contributed by atoms with E-state index in [-0.39, 0.29) is 23.4 Å². The second-order valence-electron chi connectivity index (χ2n) is 6.14. The number of piperazine rings is 1. The second kappa shape index (κ2) is 6.81. The summed E-state index contributed by atoms with van der Waals surface area (Å²) in [4.78, 5) is 27.8. The Labute approximate surface area is 148 Å². The van der Waals surface area contributed by atoms with Crippen LogP contribution in [-0.2, 0) is 9.59 Å². The van der Waals surface area contributed by atoms with E-state index in [9.17, 15) is 9.59 Å². The third-order valence-electron chi connectivity index (χ3n) is 4.50. The van der Waals surface area contributed by atoms with Crippen LogP contribution in [0.3, 0.4) is 0 Å². The van der Waals surface area contributed by atoms with E-state index in [4.69, 9.17) is 0 Å². The highest BCUT2D eigenvalue weighted by Crippen LogP contribution is 2.14. The lowest BCUT2D eigenvalue weighted by atomic mass is 9.96.